The van der Waals surface area contributed by atoms with E-state index >= 15 is 0 Å². The van der Waals surface area contributed by atoms with Gasteiger partial charge in [-0.05, 0) is 19.9 Å². The average molecular weight is 168 g/mol. The molecule has 0 atom stereocenters. The van der Waals surface area contributed by atoms with Crippen LogP contribution in [-0.4, -0.2) is 22.5 Å². The largest absolute Gasteiger partial charge is 0.378 e. The molecule has 0 unspecified atom stereocenters. The minimum Gasteiger partial charge on any atom is -0.378 e. The van der Waals surface area contributed by atoms with Crippen molar-refractivity contribution in [1.82, 2.24) is 9.78 Å². The lowest BCUT2D eigenvalue weighted by Crippen LogP contribution is -2.08. The summed E-state index contributed by atoms with van der Waals surface area (Å²) < 4.78 is 7.31. The second kappa shape index (κ2) is 4.26. The van der Waals surface area contributed by atoms with Crippen molar-refractivity contribution >= 4 is 0 Å². The highest BCUT2D eigenvalue weighted by molar-refractivity contribution is 4.99. The Kier molecular flexibility index (Phi) is 3.29. The summed E-state index contributed by atoms with van der Waals surface area (Å²) in [6.07, 6.45) is 3.07. The fraction of sp³-hybridized carbons (Fsp3) is 0.667. The summed E-state index contributed by atoms with van der Waals surface area (Å²) in [5.41, 5.74) is 1.22. The van der Waals surface area contributed by atoms with Crippen LogP contribution in [0.1, 0.15) is 19.5 Å². The highest BCUT2D eigenvalue weighted by atomic mass is 16.5. The first-order valence-corrected chi connectivity index (χ1v) is 4.28. The first-order valence-electron chi connectivity index (χ1n) is 4.28. The highest BCUT2D eigenvalue weighted by Crippen LogP contribution is 1.98. The summed E-state index contributed by atoms with van der Waals surface area (Å²) in [6.45, 7) is 4.86. The lowest BCUT2D eigenvalue weighted by molar-refractivity contribution is 0.0804. The van der Waals surface area contributed by atoms with Crippen LogP contribution in [0, 0.1) is 0 Å². The molecule has 0 bridgehead atoms. The smallest absolute Gasteiger partial charge is 0.0524 e. The molecule has 0 amide bonds. The van der Waals surface area contributed by atoms with Gasteiger partial charge in [-0.25, -0.2) is 0 Å². The fourth-order valence-corrected chi connectivity index (χ4v) is 1.05. The number of aromatic nitrogens is 2. The zero-order valence-electron chi connectivity index (χ0n) is 7.95. The van der Waals surface area contributed by atoms with Crippen molar-refractivity contribution in [2.24, 2.45) is 7.05 Å². The van der Waals surface area contributed by atoms with E-state index in [9.17, 15) is 0 Å². The molecule has 0 aliphatic heterocycles. The lowest BCUT2D eigenvalue weighted by Gasteiger charge is -2.06. The molecule has 0 fully saturated rings. The molecule has 0 N–H and O–H groups in total. The highest BCUT2D eigenvalue weighted by Gasteiger charge is 1.98. The van der Waals surface area contributed by atoms with Gasteiger partial charge < -0.3 is 4.74 Å². The van der Waals surface area contributed by atoms with Crippen LogP contribution in [0.4, 0.5) is 0 Å². The van der Waals surface area contributed by atoms with Crippen LogP contribution < -0.4 is 0 Å². The lowest BCUT2D eigenvalue weighted by atomic mass is 10.3. The molecular weight excluding hydrogens is 152 g/mol. The molecule has 3 nitrogen and oxygen atoms in total. The van der Waals surface area contributed by atoms with Gasteiger partial charge in [-0.2, -0.15) is 5.10 Å². The number of rotatable bonds is 4. The van der Waals surface area contributed by atoms with Gasteiger partial charge in [-0.1, -0.05) is 0 Å². The van der Waals surface area contributed by atoms with E-state index < -0.39 is 0 Å². The van der Waals surface area contributed by atoms with Gasteiger partial charge in [0.25, 0.3) is 0 Å². The Bertz CT molecular complexity index is 230. The molecule has 68 valence electrons. The molecule has 1 aromatic rings. The number of aryl methyl sites for hydroxylation is 1. The zero-order chi connectivity index (χ0) is 8.97. The van der Waals surface area contributed by atoms with Crippen LogP contribution in [0.15, 0.2) is 12.3 Å². The predicted molar refractivity (Wildman–Crippen MR) is 48.0 cm³/mol. The fourth-order valence-electron chi connectivity index (χ4n) is 1.05. The maximum Gasteiger partial charge on any atom is 0.0524 e. The molecule has 0 aromatic carbocycles. The number of nitrogens with zero attached hydrogens (tertiary/aromatic N) is 2. The van der Waals surface area contributed by atoms with Gasteiger partial charge in [-0.3, -0.25) is 4.68 Å². The third-order valence-corrected chi connectivity index (χ3v) is 1.73. The van der Waals surface area contributed by atoms with Gasteiger partial charge in [0.05, 0.1) is 12.7 Å². The summed E-state index contributed by atoms with van der Waals surface area (Å²) in [7, 11) is 1.95. The summed E-state index contributed by atoms with van der Waals surface area (Å²) in [6, 6.07) is 2.02. The summed E-state index contributed by atoms with van der Waals surface area (Å²) in [5, 5.41) is 4.08. The Hall–Kier alpha value is -0.830. The molecule has 0 aliphatic carbocycles. The van der Waals surface area contributed by atoms with E-state index in [1.54, 1.807) is 0 Å². The maximum absolute atomic E-state index is 5.43. The van der Waals surface area contributed by atoms with Gasteiger partial charge >= 0.3 is 0 Å². The van der Waals surface area contributed by atoms with Crippen LogP contribution in [-0.2, 0) is 18.2 Å². The first-order chi connectivity index (χ1) is 5.70. The van der Waals surface area contributed by atoms with E-state index in [2.05, 4.69) is 5.10 Å². The predicted octanol–water partition coefficient (Wildman–Crippen LogP) is 1.39. The number of ether oxygens (including phenoxy) is 1. The van der Waals surface area contributed by atoms with Crippen molar-refractivity contribution in [3.63, 3.8) is 0 Å². The van der Waals surface area contributed by atoms with Crippen molar-refractivity contribution < 1.29 is 4.74 Å². The second-order valence-electron chi connectivity index (χ2n) is 3.12. The van der Waals surface area contributed by atoms with E-state index in [-0.39, 0.29) is 0 Å². The Labute approximate surface area is 73.3 Å². The summed E-state index contributed by atoms with van der Waals surface area (Å²) in [4.78, 5) is 0. The molecular formula is C9H16N2O. The van der Waals surface area contributed by atoms with Crippen LogP contribution in [0.25, 0.3) is 0 Å². The van der Waals surface area contributed by atoms with Gasteiger partial charge in [0, 0.05) is 25.4 Å². The molecule has 12 heavy (non-hydrogen) atoms. The Morgan fingerprint density at radius 2 is 2.33 bits per heavy atom. The molecule has 0 saturated heterocycles. The van der Waals surface area contributed by atoms with Gasteiger partial charge in [0.2, 0.25) is 0 Å². The molecule has 3 heteroatoms. The van der Waals surface area contributed by atoms with Crippen molar-refractivity contribution in [3.05, 3.63) is 18.0 Å². The summed E-state index contributed by atoms with van der Waals surface area (Å²) in [5.74, 6) is 0. The normalized spacial score (nSPS) is 11.0. The van der Waals surface area contributed by atoms with Crippen LogP contribution in [0.3, 0.4) is 0 Å². The van der Waals surface area contributed by atoms with Crippen molar-refractivity contribution in [2.75, 3.05) is 6.61 Å². The van der Waals surface area contributed by atoms with E-state index in [1.165, 1.54) is 5.69 Å². The van der Waals surface area contributed by atoms with Gasteiger partial charge in [0.15, 0.2) is 0 Å². The molecule has 0 radical (unpaired) electrons. The van der Waals surface area contributed by atoms with Gasteiger partial charge in [-0.15, -0.1) is 0 Å². The molecule has 1 aromatic heterocycles. The first kappa shape index (κ1) is 9.26. The van der Waals surface area contributed by atoms with Crippen LogP contribution >= 0.6 is 0 Å². The molecule has 0 saturated carbocycles. The van der Waals surface area contributed by atoms with Crippen molar-refractivity contribution in [3.8, 4) is 0 Å². The summed E-state index contributed by atoms with van der Waals surface area (Å²) >= 11 is 0. The van der Waals surface area contributed by atoms with E-state index in [4.69, 9.17) is 4.74 Å². The quantitative estimate of drug-likeness (QED) is 0.679. The second-order valence-corrected chi connectivity index (χ2v) is 3.12. The van der Waals surface area contributed by atoms with E-state index in [0.29, 0.717) is 6.10 Å². The van der Waals surface area contributed by atoms with Crippen LogP contribution in [0.5, 0.6) is 0 Å². The standard InChI is InChI=1S/C9H16N2O/c1-8(2)12-7-5-9-4-6-10-11(9)3/h4,6,8H,5,7H2,1-3H3. The molecule has 1 rings (SSSR count). The number of hydrogen-bond acceptors (Lipinski definition) is 2. The average Bonchev–Trinajstić information content (AvgIpc) is 2.36. The monoisotopic (exact) mass is 168 g/mol. The minimum atomic E-state index is 0.318. The van der Waals surface area contributed by atoms with Crippen molar-refractivity contribution in [1.29, 1.82) is 0 Å². The van der Waals surface area contributed by atoms with Crippen LogP contribution in [0.2, 0.25) is 0 Å². The topological polar surface area (TPSA) is 27.1 Å². The molecule has 0 spiro atoms. The zero-order valence-corrected chi connectivity index (χ0v) is 7.95. The molecule has 1 heterocycles. The number of hydrogen-bond donors (Lipinski definition) is 0. The Morgan fingerprint density at radius 3 is 2.83 bits per heavy atom. The van der Waals surface area contributed by atoms with E-state index in [0.717, 1.165) is 13.0 Å². The Balaban J connectivity index is 2.29. The SMILES string of the molecule is CC(C)OCCc1ccnn1C. The third kappa shape index (κ3) is 2.66. The van der Waals surface area contributed by atoms with Crippen molar-refractivity contribution in [2.45, 2.75) is 26.4 Å². The third-order valence-electron chi connectivity index (χ3n) is 1.73. The minimum absolute atomic E-state index is 0.318. The maximum atomic E-state index is 5.43. The molecule has 0 aliphatic rings. The van der Waals surface area contributed by atoms with Gasteiger partial charge in [0.1, 0.15) is 0 Å². The van der Waals surface area contributed by atoms with E-state index in [1.807, 2.05) is 37.8 Å². The Morgan fingerprint density at radius 1 is 1.58 bits per heavy atom.